The molecule has 2 heterocycles. The molecule has 3 aromatic rings. The van der Waals surface area contributed by atoms with Gasteiger partial charge in [-0.1, -0.05) is 36.4 Å². The molecule has 0 fully saturated rings. The van der Waals surface area contributed by atoms with Gasteiger partial charge in [-0.3, -0.25) is 4.79 Å². The molecule has 1 atom stereocenters. The van der Waals surface area contributed by atoms with Crippen molar-refractivity contribution in [1.82, 2.24) is 9.88 Å². The SMILES string of the molecule is O=C1c2cccnc2OC(COc2ccccc2)CN1CCOc1ccccc1. The fourth-order valence-corrected chi connectivity index (χ4v) is 3.12. The van der Waals surface area contributed by atoms with E-state index in [2.05, 4.69) is 4.98 Å². The third-order valence-corrected chi connectivity index (χ3v) is 4.54. The smallest absolute Gasteiger partial charge is 0.259 e. The van der Waals surface area contributed by atoms with Gasteiger partial charge >= 0.3 is 0 Å². The first-order valence-corrected chi connectivity index (χ1v) is 9.56. The average Bonchev–Trinajstić information content (AvgIpc) is 2.91. The Bertz CT molecular complexity index is 934. The molecule has 1 aliphatic rings. The quantitative estimate of drug-likeness (QED) is 0.618. The number of ether oxygens (including phenoxy) is 3. The van der Waals surface area contributed by atoms with E-state index in [-0.39, 0.29) is 12.0 Å². The molecule has 148 valence electrons. The lowest BCUT2D eigenvalue weighted by Crippen LogP contribution is -2.41. The van der Waals surface area contributed by atoms with Crippen molar-refractivity contribution in [2.75, 3.05) is 26.3 Å². The third kappa shape index (κ3) is 4.85. The van der Waals surface area contributed by atoms with Crippen LogP contribution in [-0.2, 0) is 0 Å². The van der Waals surface area contributed by atoms with Crippen LogP contribution in [0.3, 0.4) is 0 Å². The average molecular weight is 390 g/mol. The maximum atomic E-state index is 13.0. The molecule has 1 aliphatic heterocycles. The van der Waals surface area contributed by atoms with E-state index in [9.17, 15) is 4.79 Å². The van der Waals surface area contributed by atoms with Crippen LogP contribution in [0, 0.1) is 0 Å². The minimum absolute atomic E-state index is 0.119. The van der Waals surface area contributed by atoms with Gasteiger partial charge in [-0.25, -0.2) is 4.98 Å². The van der Waals surface area contributed by atoms with E-state index in [1.165, 1.54) is 0 Å². The topological polar surface area (TPSA) is 60.9 Å². The van der Waals surface area contributed by atoms with Crippen LogP contribution in [0.2, 0.25) is 0 Å². The number of rotatable bonds is 7. The van der Waals surface area contributed by atoms with Crippen molar-refractivity contribution in [3.8, 4) is 17.4 Å². The first-order valence-electron chi connectivity index (χ1n) is 9.56. The number of pyridine rings is 1. The van der Waals surface area contributed by atoms with Gasteiger partial charge in [0, 0.05) is 6.20 Å². The molecule has 6 heteroatoms. The number of hydrogen-bond donors (Lipinski definition) is 0. The number of aromatic nitrogens is 1. The molecule has 29 heavy (non-hydrogen) atoms. The molecule has 6 nitrogen and oxygen atoms in total. The van der Waals surface area contributed by atoms with Crippen molar-refractivity contribution in [3.05, 3.63) is 84.6 Å². The highest BCUT2D eigenvalue weighted by Crippen LogP contribution is 2.23. The molecule has 0 saturated carbocycles. The first-order chi connectivity index (χ1) is 14.3. The van der Waals surface area contributed by atoms with Gasteiger partial charge in [0.15, 0.2) is 6.10 Å². The Kier molecular flexibility index (Phi) is 5.90. The van der Waals surface area contributed by atoms with Crippen LogP contribution in [0.15, 0.2) is 79.0 Å². The number of para-hydroxylation sites is 2. The Morgan fingerprint density at radius 1 is 0.931 bits per heavy atom. The molecule has 0 saturated heterocycles. The lowest BCUT2D eigenvalue weighted by atomic mass is 10.2. The second-order valence-electron chi connectivity index (χ2n) is 6.63. The minimum atomic E-state index is -0.341. The fraction of sp³-hybridized carbons (Fsp3) is 0.217. The molecule has 0 radical (unpaired) electrons. The number of carbonyl (C=O) groups excluding carboxylic acids is 1. The summed E-state index contributed by atoms with van der Waals surface area (Å²) in [5.74, 6) is 1.75. The highest BCUT2D eigenvalue weighted by molar-refractivity contribution is 5.96. The van der Waals surface area contributed by atoms with E-state index in [1.807, 2.05) is 60.7 Å². The summed E-state index contributed by atoms with van der Waals surface area (Å²) in [7, 11) is 0. The Labute approximate surface area is 169 Å². The van der Waals surface area contributed by atoms with Crippen LogP contribution in [0.5, 0.6) is 17.4 Å². The normalized spacial score (nSPS) is 15.8. The molecule has 2 aromatic carbocycles. The Morgan fingerprint density at radius 3 is 2.34 bits per heavy atom. The Balaban J connectivity index is 1.45. The Morgan fingerprint density at radius 2 is 1.62 bits per heavy atom. The summed E-state index contributed by atoms with van der Waals surface area (Å²) in [5, 5.41) is 0. The van der Waals surface area contributed by atoms with Crippen LogP contribution >= 0.6 is 0 Å². The summed E-state index contributed by atoms with van der Waals surface area (Å²) in [5.41, 5.74) is 0.453. The highest BCUT2D eigenvalue weighted by atomic mass is 16.5. The summed E-state index contributed by atoms with van der Waals surface area (Å²) in [6.45, 7) is 1.52. The van der Waals surface area contributed by atoms with Gasteiger partial charge in [-0.15, -0.1) is 0 Å². The number of benzene rings is 2. The Hall–Kier alpha value is -3.54. The molecule has 1 unspecified atom stereocenters. The van der Waals surface area contributed by atoms with E-state index in [1.54, 1.807) is 23.2 Å². The van der Waals surface area contributed by atoms with Gasteiger partial charge < -0.3 is 19.1 Å². The molecular weight excluding hydrogens is 368 g/mol. The summed E-state index contributed by atoms with van der Waals surface area (Å²) in [6, 6.07) is 22.6. The first kappa shape index (κ1) is 18.8. The van der Waals surface area contributed by atoms with Gasteiger partial charge in [-0.05, 0) is 36.4 Å². The van der Waals surface area contributed by atoms with Crippen molar-refractivity contribution >= 4 is 5.91 Å². The molecule has 0 N–H and O–H groups in total. The van der Waals surface area contributed by atoms with Gasteiger partial charge in [-0.2, -0.15) is 0 Å². The number of hydrogen-bond acceptors (Lipinski definition) is 5. The molecule has 4 rings (SSSR count). The molecule has 0 spiro atoms. The zero-order chi connectivity index (χ0) is 19.9. The van der Waals surface area contributed by atoms with Gasteiger partial charge in [0.1, 0.15) is 30.3 Å². The van der Waals surface area contributed by atoms with Crippen LogP contribution in [0.1, 0.15) is 10.4 Å². The third-order valence-electron chi connectivity index (χ3n) is 4.54. The van der Waals surface area contributed by atoms with Crippen molar-refractivity contribution in [2.24, 2.45) is 0 Å². The van der Waals surface area contributed by atoms with Crippen LogP contribution in [-0.4, -0.2) is 48.2 Å². The van der Waals surface area contributed by atoms with Gasteiger partial charge in [0.25, 0.3) is 5.91 Å². The fourth-order valence-electron chi connectivity index (χ4n) is 3.12. The van der Waals surface area contributed by atoms with Crippen LogP contribution in [0.25, 0.3) is 0 Å². The zero-order valence-electron chi connectivity index (χ0n) is 15.9. The lowest BCUT2D eigenvalue weighted by Gasteiger charge is -2.24. The van der Waals surface area contributed by atoms with Crippen molar-refractivity contribution in [3.63, 3.8) is 0 Å². The number of amides is 1. The summed E-state index contributed by atoms with van der Waals surface area (Å²) in [4.78, 5) is 19.0. The van der Waals surface area contributed by atoms with Crippen LogP contribution < -0.4 is 14.2 Å². The molecule has 1 aromatic heterocycles. The highest BCUT2D eigenvalue weighted by Gasteiger charge is 2.30. The summed E-state index contributed by atoms with van der Waals surface area (Å²) in [6.07, 6.45) is 1.28. The predicted octanol–water partition coefficient (Wildman–Crippen LogP) is 3.44. The summed E-state index contributed by atoms with van der Waals surface area (Å²) >= 11 is 0. The number of fused-ring (bicyclic) bond motifs is 1. The van der Waals surface area contributed by atoms with E-state index in [0.717, 1.165) is 11.5 Å². The standard InChI is InChI=1S/C23H22N2O4/c26-23-21-12-7-13-24-22(21)29-20(17-28-19-10-5-2-6-11-19)16-25(23)14-15-27-18-8-3-1-4-9-18/h1-13,20H,14-17H2. The van der Waals surface area contributed by atoms with E-state index < -0.39 is 0 Å². The van der Waals surface area contributed by atoms with Crippen molar-refractivity contribution in [2.45, 2.75) is 6.10 Å². The molecular formula is C23H22N2O4. The maximum absolute atomic E-state index is 13.0. The van der Waals surface area contributed by atoms with E-state index in [0.29, 0.717) is 37.7 Å². The predicted molar refractivity (Wildman–Crippen MR) is 108 cm³/mol. The van der Waals surface area contributed by atoms with Gasteiger partial charge in [0.2, 0.25) is 5.88 Å². The second kappa shape index (κ2) is 9.10. The van der Waals surface area contributed by atoms with E-state index in [4.69, 9.17) is 14.2 Å². The van der Waals surface area contributed by atoms with Gasteiger partial charge in [0.05, 0.1) is 13.1 Å². The minimum Gasteiger partial charge on any atom is -0.492 e. The molecule has 0 bridgehead atoms. The monoisotopic (exact) mass is 390 g/mol. The molecule has 1 amide bonds. The zero-order valence-corrected chi connectivity index (χ0v) is 15.9. The molecule has 0 aliphatic carbocycles. The van der Waals surface area contributed by atoms with Crippen molar-refractivity contribution in [1.29, 1.82) is 0 Å². The van der Waals surface area contributed by atoms with E-state index >= 15 is 0 Å². The van der Waals surface area contributed by atoms with Crippen LogP contribution in [0.4, 0.5) is 0 Å². The number of carbonyl (C=O) groups is 1. The second-order valence-corrected chi connectivity index (χ2v) is 6.63. The maximum Gasteiger partial charge on any atom is 0.259 e. The largest absolute Gasteiger partial charge is 0.492 e. The lowest BCUT2D eigenvalue weighted by molar-refractivity contribution is 0.0610. The summed E-state index contributed by atoms with van der Waals surface area (Å²) < 4.78 is 17.6. The van der Waals surface area contributed by atoms with Crippen molar-refractivity contribution < 1.29 is 19.0 Å². The number of nitrogens with zero attached hydrogens (tertiary/aromatic N) is 2.